The molecular formula is C27H32N4O6. The molecule has 37 heavy (non-hydrogen) atoms. The van der Waals surface area contributed by atoms with Crippen molar-refractivity contribution in [3.05, 3.63) is 53.6 Å². The van der Waals surface area contributed by atoms with E-state index in [0.29, 0.717) is 29.0 Å². The number of aliphatic imine (C=N–C) groups is 1. The van der Waals surface area contributed by atoms with Gasteiger partial charge in [0.05, 0.1) is 19.0 Å². The molecule has 0 radical (unpaired) electrons. The SMILES string of the molecule is CCC1Oc2ccc(C(CC(=O)O)NC(=O)CNC(=O)c3cccc(NC4=NCCCCC4)c3)cc2O1. The summed E-state index contributed by atoms with van der Waals surface area (Å²) in [5, 5.41) is 18.0. The van der Waals surface area contributed by atoms with Crippen LogP contribution in [0.4, 0.5) is 5.69 Å². The predicted octanol–water partition coefficient (Wildman–Crippen LogP) is 3.64. The standard InChI is InChI=1S/C27H32N4O6/c1-2-26-36-21-11-10-17(14-22(21)37-26)20(15-25(33)34)31-24(32)16-29-27(35)18-7-6-8-19(13-18)30-23-9-4-3-5-12-28-23/h6-8,10-11,13-14,20,26H,2-5,9,12,15-16H2,1H3,(H,28,30)(H,29,35)(H,31,32)(H,33,34). The van der Waals surface area contributed by atoms with Gasteiger partial charge in [0.1, 0.15) is 5.84 Å². The highest BCUT2D eigenvalue weighted by Crippen LogP contribution is 2.37. The molecule has 0 spiro atoms. The quantitative estimate of drug-likeness (QED) is 0.406. The van der Waals surface area contributed by atoms with E-state index < -0.39 is 23.8 Å². The van der Waals surface area contributed by atoms with E-state index >= 15 is 0 Å². The lowest BCUT2D eigenvalue weighted by atomic mass is 10.0. The van der Waals surface area contributed by atoms with Crippen LogP contribution in [0.2, 0.25) is 0 Å². The third-order valence-electron chi connectivity index (χ3n) is 6.13. The van der Waals surface area contributed by atoms with Gasteiger partial charge in [-0.2, -0.15) is 0 Å². The molecule has 0 bridgehead atoms. The number of hydrogen-bond donors (Lipinski definition) is 4. The molecule has 10 nitrogen and oxygen atoms in total. The number of nitrogens with zero attached hydrogens (tertiary/aromatic N) is 1. The van der Waals surface area contributed by atoms with Crippen LogP contribution in [0.5, 0.6) is 11.5 Å². The summed E-state index contributed by atoms with van der Waals surface area (Å²) in [5.74, 6) is 0.00114. The summed E-state index contributed by atoms with van der Waals surface area (Å²) in [5.41, 5.74) is 1.73. The number of carboxylic acid groups (broad SMARTS) is 1. The number of rotatable bonds is 9. The van der Waals surface area contributed by atoms with Crippen LogP contribution < -0.4 is 25.4 Å². The summed E-state index contributed by atoms with van der Waals surface area (Å²) in [6.07, 6.45) is 4.13. The van der Waals surface area contributed by atoms with E-state index in [-0.39, 0.29) is 19.3 Å². The number of amidine groups is 1. The molecule has 0 fully saturated rings. The number of hydrogen-bond acceptors (Lipinski definition) is 7. The maximum absolute atomic E-state index is 12.7. The Balaban J connectivity index is 1.35. The molecule has 2 aliphatic heterocycles. The topological polar surface area (TPSA) is 138 Å². The Morgan fingerprint density at radius 2 is 1.92 bits per heavy atom. The maximum Gasteiger partial charge on any atom is 0.305 e. The van der Waals surface area contributed by atoms with Gasteiger partial charge >= 0.3 is 5.97 Å². The van der Waals surface area contributed by atoms with E-state index in [2.05, 4.69) is 20.9 Å². The van der Waals surface area contributed by atoms with Gasteiger partial charge < -0.3 is 30.5 Å². The van der Waals surface area contributed by atoms with Crippen molar-refractivity contribution in [2.75, 3.05) is 18.4 Å². The lowest BCUT2D eigenvalue weighted by Crippen LogP contribution is -2.39. The van der Waals surface area contributed by atoms with Crippen molar-refractivity contribution in [2.24, 2.45) is 4.99 Å². The summed E-state index contributed by atoms with van der Waals surface area (Å²) >= 11 is 0. The van der Waals surface area contributed by atoms with Crippen molar-refractivity contribution >= 4 is 29.3 Å². The largest absolute Gasteiger partial charge is 0.481 e. The number of anilines is 1. The van der Waals surface area contributed by atoms with E-state index in [1.807, 2.05) is 13.0 Å². The molecule has 10 heteroatoms. The number of fused-ring (bicyclic) bond motifs is 1. The zero-order valence-corrected chi connectivity index (χ0v) is 20.8. The lowest BCUT2D eigenvalue weighted by Gasteiger charge is -2.18. The number of amides is 2. The summed E-state index contributed by atoms with van der Waals surface area (Å²) in [6, 6.07) is 11.3. The van der Waals surface area contributed by atoms with Crippen LogP contribution in [-0.2, 0) is 9.59 Å². The van der Waals surface area contributed by atoms with Crippen LogP contribution in [0.25, 0.3) is 0 Å². The first kappa shape index (κ1) is 26.0. The van der Waals surface area contributed by atoms with E-state index in [0.717, 1.165) is 43.8 Å². The van der Waals surface area contributed by atoms with Crippen molar-refractivity contribution in [3.63, 3.8) is 0 Å². The zero-order chi connectivity index (χ0) is 26.2. The zero-order valence-electron chi connectivity index (χ0n) is 20.8. The van der Waals surface area contributed by atoms with Gasteiger partial charge in [-0.25, -0.2) is 0 Å². The molecule has 4 N–H and O–H groups in total. The Hall–Kier alpha value is -4.08. The first-order chi connectivity index (χ1) is 17.9. The second kappa shape index (κ2) is 12.2. The minimum Gasteiger partial charge on any atom is -0.481 e. The fraction of sp³-hybridized carbons (Fsp3) is 0.407. The Bertz CT molecular complexity index is 1180. The molecule has 2 heterocycles. The second-order valence-electron chi connectivity index (χ2n) is 9.03. The molecule has 2 unspecified atom stereocenters. The molecule has 0 aliphatic carbocycles. The Labute approximate surface area is 215 Å². The highest BCUT2D eigenvalue weighted by atomic mass is 16.7. The molecule has 0 saturated carbocycles. The Morgan fingerprint density at radius 1 is 1.08 bits per heavy atom. The highest BCUT2D eigenvalue weighted by molar-refractivity contribution is 6.00. The number of carboxylic acids is 1. The third kappa shape index (κ3) is 7.22. The summed E-state index contributed by atoms with van der Waals surface area (Å²) in [7, 11) is 0. The van der Waals surface area contributed by atoms with Gasteiger partial charge in [-0.15, -0.1) is 0 Å². The van der Waals surface area contributed by atoms with Gasteiger partial charge in [0, 0.05) is 30.6 Å². The summed E-state index contributed by atoms with van der Waals surface area (Å²) in [6.45, 7) is 2.42. The lowest BCUT2D eigenvalue weighted by molar-refractivity contribution is -0.137. The number of carbonyl (C=O) groups is 3. The number of aliphatic carboxylic acids is 1. The average Bonchev–Trinajstić information content (AvgIpc) is 3.14. The van der Waals surface area contributed by atoms with Crippen molar-refractivity contribution in [2.45, 2.75) is 57.8 Å². The van der Waals surface area contributed by atoms with Crippen molar-refractivity contribution in [1.82, 2.24) is 10.6 Å². The van der Waals surface area contributed by atoms with E-state index in [9.17, 15) is 19.5 Å². The molecule has 196 valence electrons. The molecule has 2 aromatic carbocycles. The van der Waals surface area contributed by atoms with Gasteiger partial charge in [0.25, 0.3) is 5.91 Å². The normalized spacial score (nSPS) is 17.2. The van der Waals surface area contributed by atoms with Gasteiger partial charge in [-0.05, 0) is 48.7 Å². The second-order valence-corrected chi connectivity index (χ2v) is 9.03. The molecule has 4 rings (SSSR count). The predicted molar refractivity (Wildman–Crippen MR) is 138 cm³/mol. The maximum atomic E-state index is 12.7. The van der Waals surface area contributed by atoms with E-state index in [1.54, 1.807) is 36.4 Å². The van der Waals surface area contributed by atoms with Crippen LogP contribution in [0.1, 0.15) is 67.4 Å². The third-order valence-corrected chi connectivity index (χ3v) is 6.13. The molecule has 2 aromatic rings. The van der Waals surface area contributed by atoms with Gasteiger partial charge in [0.15, 0.2) is 11.5 Å². The fourth-order valence-corrected chi connectivity index (χ4v) is 4.22. The minimum absolute atomic E-state index is 0.304. The first-order valence-corrected chi connectivity index (χ1v) is 12.6. The molecule has 0 saturated heterocycles. The van der Waals surface area contributed by atoms with E-state index in [1.165, 1.54) is 0 Å². The molecule has 0 aromatic heterocycles. The monoisotopic (exact) mass is 508 g/mol. The van der Waals surface area contributed by atoms with Crippen LogP contribution in [0.3, 0.4) is 0 Å². The molecule has 2 atom stereocenters. The van der Waals surface area contributed by atoms with Crippen LogP contribution in [0.15, 0.2) is 47.5 Å². The molecule has 2 amide bonds. The summed E-state index contributed by atoms with van der Waals surface area (Å²) in [4.78, 5) is 41.3. The smallest absolute Gasteiger partial charge is 0.305 e. The van der Waals surface area contributed by atoms with Gasteiger partial charge in [-0.1, -0.05) is 25.5 Å². The van der Waals surface area contributed by atoms with Crippen LogP contribution in [0, 0.1) is 0 Å². The molecule has 2 aliphatic rings. The first-order valence-electron chi connectivity index (χ1n) is 12.6. The number of nitrogens with one attached hydrogen (secondary N) is 3. The van der Waals surface area contributed by atoms with E-state index in [4.69, 9.17) is 9.47 Å². The van der Waals surface area contributed by atoms with Gasteiger partial charge in [0.2, 0.25) is 12.2 Å². The average molecular weight is 509 g/mol. The number of benzene rings is 2. The van der Waals surface area contributed by atoms with Crippen LogP contribution >= 0.6 is 0 Å². The van der Waals surface area contributed by atoms with Gasteiger partial charge in [-0.3, -0.25) is 19.4 Å². The van der Waals surface area contributed by atoms with Crippen molar-refractivity contribution in [1.29, 1.82) is 0 Å². The number of carbonyl (C=O) groups excluding carboxylic acids is 2. The summed E-state index contributed by atoms with van der Waals surface area (Å²) < 4.78 is 11.3. The number of ether oxygens (including phenoxy) is 2. The Morgan fingerprint density at radius 3 is 2.73 bits per heavy atom. The highest BCUT2D eigenvalue weighted by Gasteiger charge is 2.26. The Kier molecular flexibility index (Phi) is 8.60. The van der Waals surface area contributed by atoms with Crippen molar-refractivity contribution < 1.29 is 29.0 Å². The van der Waals surface area contributed by atoms with Crippen molar-refractivity contribution in [3.8, 4) is 11.5 Å². The fourth-order valence-electron chi connectivity index (χ4n) is 4.22. The van der Waals surface area contributed by atoms with Crippen LogP contribution in [-0.4, -0.2) is 48.1 Å². The molecular weight excluding hydrogens is 476 g/mol. The minimum atomic E-state index is -1.07.